The van der Waals surface area contributed by atoms with E-state index in [2.05, 4.69) is 31.3 Å². The minimum Gasteiger partial charge on any atom is -0.496 e. The summed E-state index contributed by atoms with van der Waals surface area (Å²) in [4.78, 5) is 0. The van der Waals surface area contributed by atoms with Crippen LogP contribution >= 0.6 is 0 Å². The summed E-state index contributed by atoms with van der Waals surface area (Å²) in [5, 5.41) is 11.9. The molecule has 2 N–H and O–H groups in total. The van der Waals surface area contributed by atoms with Gasteiger partial charge in [0.2, 0.25) is 0 Å². The van der Waals surface area contributed by atoms with Gasteiger partial charge < -0.3 is 15.2 Å². The Morgan fingerprint density at radius 3 is 2.69 bits per heavy atom. The van der Waals surface area contributed by atoms with Gasteiger partial charge in [-0.05, 0) is 23.1 Å². The maximum atomic E-state index is 8.69. The second-order valence-corrected chi connectivity index (χ2v) is 4.13. The van der Waals surface area contributed by atoms with E-state index in [-0.39, 0.29) is 6.61 Å². The average Bonchev–Trinajstić information content (AvgIpc) is 2.29. The van der Waals surface area contributed by atoms with Crippen molar-refractivity contribution in [3.05, 3.63) is 29.3 Å². The van der Waals surface area contributed by atoms with E-state index in [1.54, 1.807) is 7.11 Å². The highest BCUT2D eigenvalue weighted by Gasteiger charge is 2.07. The van der Waals surface area contributed by atoms with Gasteiger partial charge in [0.15, 0.2) is 0 Å². The van der Waals surface area contributed by atoms with Gasteiger partial charge in [-0.3, -0.25) is 0 Å². The molecule has 90 valence electrons. The Morgan fingerprint density at radius 2 is 2.12 bits per heavy atom. The molecule has 0 heterocycles. The molecule has 0 radical (unpaired) electrons. The first-order chi connectivity index (χ1) is 7.69. The van der Waals surface area contributed by atoms with Crippen LogP contribution in [0.1, 0.15) is 30.9 Å². The van der Waals surface area contributed by atoms with Crippen molar-refractivity contribution in [1.82, 2.24) is 5.32 Å². The van der Waals surface area contributed by atoms with Crippen LogP contribution in [0.4, 0.5) is 0 Å². The van der Waals surface area contributed by atoms with Gasteiger partial charge in [0, 0.05) is 13.1 Å². The second kappa shape index (κ2) is 6.51. The van der Waals surface area contributed by atoms with E-state index < -0.39 is 0 Å². The molecule has 0 fully saturated rings. The Kier molecular flexibility index (Phi) is 5.29. The fourth-order valence-electron chi connectivity index (χ4n) is 1.66. The summed E-state index contributed by atoms with van der Waals surface area (Å²) in [5.41, 5.74) is 2.45. The third-order valence-electron chi connectivity index (χ3n) is 2.53. The highest BCUT2D eigenvalue weighted by molar-refractivity contribution is 5.39. The van der Waals surface area contributed by atoms with Gasteiger partial charge in [0.05, 0.1) is 13.7 Å². The second-order valence-electron chi connectivity index (χ2n) is 4.13. The van der Waals surface area contributed by atoms with Crippen LogP contribution in [0.15, 0.2) is 18.2 Å². The van der Waals surface area contributed by atoms with Crippen LogP contribution in [0.25, 0.3) is 0 Å². The standard InChI is InChI=1S/C13H21NO2/c1-10(2)12-8-11(9-14-6-7-15)4-5-13(12)16-3/h4-5,8,10,14-15H,6-7,9H2,1-3H3. The fraction of sp³-hybridized carbons (Fsp3) is 0.538. The van der Waals surface area contributed by atoms with Crippen LogP contribution in [0.2, 0.25) is 0 Å². The van der Waals surface area contributed by atoms with Crippen LogP contribution in [0.5, 0.6) is 5.75 Å². The zero-order valence-electron chi connectivity index (χ0n) is 10.3. The smallest absolute Gasteiger partial charge is 0.122 e. The molecule has 0 atom stereocenters. The Balaban J connectivity index is 2.77. The Hall–Kier alpha value is -1.06. The molecule has 0 aliphatic heterocycles. The highest BCUT2D eigenvalue weighted by atomic mass is 16.5. The first kappa shape index (κ1) is 13.0. The van der Waals surface area contributed by atoms with Gasteiger partial charge in [0.25, 0.3) is 0 Å². The fourth-order valence-corrected chi connectivity index (χ4v) is 1.66. The van der Waals surface area contributed by atoms with E-state index in [0.29, 0.717) is 12.5 Å². The van der Waals surface area contributed by atoms with Crippen molar-refractivity contribution in [2.24, 2.45) is 0 Å². The van der Waals surface area contributed by atoms with Crippen molar-refractivity contribution in [3.8, 4) is 5.75 Å². The van der Waals surface area contributed by atoms with E-state index in [1.807, 2.05) is 6.07 Å². The largest absolute Gasteiger partial charge is 0.496 e. The lowest BCUT2D eigenvalue weighted by molar-refractivity contribution is 0.292. The molecule has 0 amide bonds. The van der Waals surface area contributed by atoms with Crippen molar-refractivity contribution < 1.29 is 9.84 Å². The van der Waals surface area contributed by atoms with Crippen LogP contribution in [0.3, 0.4) is 0 Å². The molecule has 3 heteroatoms. The first-order valence-electron chi connectivity index (χ1n) is 5.67. The number of methoxy groups -OCH3 is 1. The summed E-state index contributed by atoms with van der Waals surface area (Å²) in [5.74, 6) is 1.40. The zero-order valence-corrected chi connectivity index (χ0v) is 10.3. The lowest BCUT2D eigenvalue weighted by Crippen LogP contribution is -2.17. The normalized spacial score (nSPS) is 10.8. The number of ether oxygens (including phenoxy) is 1. The summed E-state index contributed by atoms with van der Waals surface area (Å²) in [6, 6.07) is 6.22. The number of rotatable bonds is 6. The minimum absolute atomic E-state index is 0.174. The topological polar surface area (TPSA) is 41.5 Å². The summed E-state index contributed by atoms with van der Waals surface area (Å²) < 4.78 is 5.33. The number of aliphatic hydroxyl groups is 1. The zero-order chi connectivity index (χ0) is 12.0. The van der Waals surface area contributed by atoms with Crippen molar-refractivity contribution >= 4 is 0 Å². The van der Waals surface area contributed by atoms with Crippen LogP contribution in [0, 0.1) is 0 Å². The SMILES string of the molecule is COc1ccc(CNCCO)cc1C(C)C. The predicted molar refractivity (Wildman–Crippen MR) is 65.9 cm³/mol. The number of benzene rings is 1. The van der Waals surface area contributed by atoms with Crippen LogP contribution in [-0.2, 0) is 6.54 Å². The Labute approximate surface area is 97.4 Å². The summed E-state index contributed by atoms with van der Waals surface area (Å²) in [6.45, 7) is 5.89. The van der Waals surface area contributed by atoms with Crippen molar-refractivity contribution in [3.63, 3.8) is 0 Å². The molecule has 0 unspecified atom stereocenters. The molecule has 1 aromatic carbocycles. The molecule has 0 aromatic heterocycles. The maximum Gasteiger partial charge on any atom is 0.122 e. The van der Waals surface area contributed by atoms with E-state index in [0.717, 1.165) is 12.3 Å². The van der Waals surface area contributed by atoms with Gasteiger partial charge >= 0.3 is 0 Å². The summed E-state index contributed by atoms with van der Waals surface area (Å²) >= 11 is 0. The molecule has 1 rings (SSSR count). The van der Waals surface area contributed by atoms with Crippen molar-refractivity contribution in [1.29, 1.82) is 0 Å². The Bertz CT molecular complexity index is 324. The number of nitrogens with one attached hydrogen (secondary N) is 1. The molecule has 0 saturated carbocycles. The van der Waals surface area contributed by atoms with Crippen LogP contribution < -0.4 is 10.1 Å². The monoisotopic (exact) mass is 223 g/mol. The molecule has 3 nitrogen and oxygen atoms in total. The number of hydrogen-bond donors (Lipinski definition) is 2. The van der Waals surface area contributed by atoms with Gasteiger partial charge in [-0.1, -0.05) is 26.0 Å². The van der Waals surface area contributed by atoms with Gasteiger partial charge in [-0.25, -0.2) is 0 Å². The van der Waals surface area contributed by atoms with Crippen molar-refractivity contribution in [2.45, 2.75) is 26.3 Å². The molecular formula is C13H21NO2. The van der Waals surface area contributed by atoms with Crippen LogP contribution in [-0.4, -0.2) is 25.4 Å². The molecule has 0 bridgehead atoms. The van der Waals surface area contributed by atoms with E-state index >= 15 is 0 Å². The lowest BCUT2D eigenvalue weighted by atomic mass is 9.99. The Morgan fingerprint density at radius 1 is 1.38 bits per heavy atom. The molecule has 1 aromatic rings. The summed E-state index contributed by atoms with van der Waals surface area (Å²) in [7, 11) is 1.70. The molecule has 0 aliphatic rings. The van der Waals surface area contributed by atoms with E-state index in [4.69, 9.17) is 9.84 Å². The molecule has 0 aliphatic carbocycles. The molecule has 0 spiro atoms. The quantitative estimate of drug-likeness (QED) is 0.724. The molecular weight excluding hydrogens is 202 g/mol. The maximum absolute atomic E-state index is 8.69. The number of aliphatic hydroxyl groups excluding tert-OH is 1. The van der Waals surface area contributed by atoms with E-state index in [9.17, 15) is 0 Å². The molecule has 16 heavy (non-hydrogen) atoms. The minimum atomic E-state index is 0.174. The lowest BCUT2D eigenvalue weighted by Gasteiger charge is -2.13. The van der Waals surface area contributed by atoms with Gasteiger partial charge in [0.1, 0.15) is 5.75 Å². The number of hydrogen-bond acceptors (Lipinski definition) is 3. The third kappa shape index (κ3) is 3.51. The molecule has 0 saturated heterocycles. The van der Waals surface area contributed by atoms with Gasteiger partial charge in [-0.2, -0.15) is 0 Å². The van der Waals surface area contributed by atoms with E-state index in [1.165, 1.54) is 11.1 Å². The highest BCUT2D eigenvalue weighted by Crippen LogP contribution is 2.27. The van der Waals surface area contributed by atoms with Gasteiger partial charge in [-0.15, -0.1) is 0 Å². The third-order valence-corrected chi connectivity index (χ3v) is 2.53. The first-order valence-corrected chi connectivity index (χ1v) is 5.67. The average molecular weight is 223 g/mol. The summed E-state index contributed by atoms with van der Waals surface area (Å²) in [6.07, 6.45) is 0. The predicted octanol–water partition coefficient (Wildman–Crippen LogP) is 1.90. The van der Waals surface area contributed by atoms with Crippen molar-refractivity contribution in [2.75, 3.05) is 20.3 Å².